The van der Waals surface area contributed by atoms with Crippen LogP contribution < -0.4 is 10.6 Å². The summed E-state index contributed by atoms with van der Waals surface area (Å²) in [5.74, 6) is -0.724. The van der Waals surface area contributed by atoms with Crippen LogP contribution in [0, 0.1) is 5.92 Å². The number of sulfone groups is 1. The number of carbonyl (C=O) groups excluding carboxylic acids is 2. The van der Waals surface area contributed by atoms with E-state index in [0.29, 0.717) is 15.3 Å². The quantitative estimate of drug-likeness (QED) is 0.664. The lowest BCUT2D eigenvalue weighted by Crippen LogP contribution is -2.15. The van der Waals surface area contributed by atoms with Gasteiger partial charge in [0.1, 0.15) is 6.26 Å². The Hall–Kier alpha value is -2.79. The van der Waals surface area contributed by atoms with Crippen molar-refractivity contribution in [3.05, 3.63) is 30.2 Å². The maximum absolute atomic E-state index is 12.3. The van der Waals surface area contributed by atoms with E-state index in [0.717, 1.165) is 36.7 Å². The minimum atomic E-state index is -3.33. The van der Waals surface area contributed by atoms with E-state index in [1.165, 1.54) is 12.1 Å². The Labute approximate surface area is 157 Å². The van der Waals surface area contributed by atoms with Crippen LogP contribution in [0.3, 0.4) is 0 Å². The molecule has 2 heterocycles. The van der Waals surface area contributed by atoms with Crippen LogP contribution >= 0.6 is 11.3 Å². The minimum Gasteiger partial charge on any atom is -0.431 e. The van der Waals surface area contributed by atoms with Crippen molar-refractivity contribution in [2.24, 2.45) is 5.92 Å². The van der Waals surface area contributed by atoms with Gasteiger partial charge >= 0.3 is 6.01 Å². The molecule has 0 aliphatic heterocycles. The molecule has 0 spiro atoms. The number of hydrogen-bond acceptors (Lipinski definition) is 8. The molecule has 2 amide bonds. The van der Waals surface area contributed by atoms with Gasteiger partial charge in [-0.15, -0.1) is 0 Å². The van der Waals surface area contributed by atoms with Crippen LogP contribution in [0.1, 0.15) is 23.3 Å². The molecule has 1 aliphatic carbocycles. The topological polar surface area (TPSA) is 131 Å². The van der Waals surface area contributed by atoms with E-state index in [2.05, 4.69) is 20.6 Å². The normalized spacial score (nSPS) is 14.3. The van der Waals surface area contributed by atoms with Gasteiger partial charge in [-0.1, -0.05) is 11.3 Å². The van der Waals surface area contributed by atoms with Gasteiger partial charge in [0.2, 0.25) is 5.91 Å². The lowest BCUT2D eigenvalue weighted by Gasteiger charge is -1.97. The zero-order valence-electron chi connectivity index (χ0n) is 14.1. The number of benzene rings is 1. The minimum absolute atomic E-state index is 0.00261. The fraction of sp³-hybridized carbons (Fsp3) is 0.250. The van der Waals surface area contributed by atoms with E-state index in [1.807, 2.05) is 0 Å². The number of anilines is 2. The average Bonchev–Trinajstić information content (AvgIpc) is 3.22. The van der Waals surface area contributed by atoms with Gasteiger partial charge in [-0.2, -0.15) is 4.98 Å². The molecule has 0 atom stereocenters. The second kappa shape index (κ2) is 6.43. The summed E-state index contributed by atoms with van der Waals surface area (Å²) >= 11 is 1.14. The lowest BCUT2D eigenvalue weighted by atomic mass is 10.3. The van der Waals surface area contributed by atoms with Crippen LogP contribution in [-0.4, -0.2) is 36.5 Å². The Balaban J connectivity index is 1.49. The number of thiazole rings is 1. The van der Waals surface area contributed by atoms with E-state index >= 15 is 0 Å². The summed E-state index contributed by atoms with van der Waals surface area (Å²) in [4.78, 5) is 32.3. The highest BCUT2D eigenvalue weighted by atomic mass is 32.2. The molecule has 2 N–H and O–H groups in total. The van der Waals surface area contributed by atoms with Gasteiger partial charge in [-0.05, 0) is 31.0 Å². The third-order valence-electron chi connectivity index (χ3n) is 3.92. The highest BCUT2D eigenvalue weighted by Crippen LogP contribution is 2.30. The standard InChI is InChI=1S/C16H14N4O5S2/c1-27(23,24)9-4-5-10-12(6-9)26-16(18-10)20-14(22)11-7-25-15(17-11)19-13(21)8-2-3-8/h4-8H,2-3H2,1H3,(H,17,19,21)(H,18,20,22). The van der Waals surface area contributed by atoms with Crippen molar-refractivity contribution in [2.45, 2.75) is 17.7 Å². The molecule has 1 aromatic carbocycles. The second-order valence-electron chi connectivity index (χ2n) is 6.18. The average molecular weight is 406 g/mol. The number of fused-ring (bicyclic) bond motifs is 1. The lowest BCUT2D eigenvalue weighted by molar-refractivity contribution is -0.117. The fourth-order valence-corrected chi connectivity index (χ4v) is 3.96. The van der Waals surface area contributed by atoms with Crippen LogP contribution in [-0.2, 0) is 14.6 Å². The van der Waals surface area contributed by atoms with E-state index in [4.69, 9.17) is 4.42 Å². The van der Waals surface area contributed by atoms with Gasteiger partial charge in [-0.3, -0.25) is 20.2 Å². The fourth-order valence-electron chi connectivity index (χ4n) is 2.34. The van der Waals surface area contributed by atoms with Gasteiger partial charge in [-0.25, -0.2) is 13.4 Å². The van der Waals surface area contributed by atoms with Crippen LogP contribution in [0.25, 0.3) is 10.2 Å². The molecule has 2 aromatic heterocycles. The Morgan fingerprint density at radius 2 is 2.00 bits per heavy atom. The molecule has 3 aromatic rings. The van der Waals surface area contributed by atoms with E-state index < -0.39 is 15.7 Å². The maximum atomic E-state index is 12.3. The molecule has 4 rings (SSSR count). The molecule has 0 bridgehead atoms. The first-order chi connectivity index (χ1) is 12.8. The summed E-state index contributed by atoms with van der Waals surface area (Å²) in [5, 5.41) is 5.41. The van der Waals surface area contributed by atoms with Crippen molar-refractivity contribution in [2.75, 3.05) is 16.9 Å². The molecule has 140 valence electrons. The van der Waals surface area contributed by atoms with Gasteiger partial charge in [0, 0.05) is 12.2 Å². The first-order valence-electron chi connectivity index (χ1n) is 7.98. The Morgan fingerprint density at radius 3 is 2.70 bits per heavy atom. The number of rotatable bonds is 5. The second-order valence-corrected chi connectivity index (χ2v) is 9.22. The highest BCUT2D eigenvalue weighted by molar-refractivity contribution is 7.90. The van der Waals surface area contributed by atoms with Gasteiger partial charge in [0.25, 0.3) is 5.91 Å². The number of nitrogens with one attached hydrogen (secondary N) is 2. The summed E-state index contributed by atoms with van der Waals surface area (Å²) in [6.07, 6.45) is 3.96. The van der Waals surface area contributed by atoms with Crippen LogP contribution in [0.4, 0.5) is 11.1 Å². The first-order valence-corrected chi connectivity index (χ1v) is 10.7. The molecule has 11 heteroatoms. The highest BCUT2D eigenvalue weighted by Gasteiger charge is 2.30. The largest absolute Gasteiger partial charge is 0.431 e. The molecule has 1 fully saturated rings. The summed E-state index contributed by atoms with van der Waals surface area (Å²) < 4.78 is 29.0. The molecule has 0 unspecified atom stereocenters. The van der Waals surface area contributed by atoms with Gasteiger partial charge < -0.3 is 4.42 Å². The van der Waals surface area contributed by atoms with Gasteiger partial charge in [0.15, 0.2) is 20.7 Å². The first kappa shape index (κ1) is 17.6. The Morgan fingerprint density at radius 1 is 1.22 bits per heavy atom. The summed E-state index contributed by atoms with van der Waals surface area (Å²) in [6.45, 7) is 0. The SMILES string of the molecule is CS(=O)(=O)c1ccc2nc(NC(=O)c3coc(NC(=O)C4CC4)n3)sc2c1. The summed E-state index contributed by atoms with van der Waals surface area (Å²) in [5.41, 5.74) is 0.567. The zero-order chi connectivity index (χ0) is 19.2. The number of carbonyl (C=O) groups is 2. The Kier molecular flexibility index (Phi) is 4.19. The molecule has 1 saturated carbocycles. The predicted octanol–water partition coefficient (Wildman–Crippen LogP) is 2.29. The van der Waals surface area contributed by atoms with Crippen molar-refractivity contribution >= 4 is 54.4 Å². The van der Waals surface area contributed by atoms with Crippen molar-refractivity contribution in [3.63, 3.8) is 0 Å². The van der Waals surface area contributed by atoms with E-state index in [1.54, 1.807) is 6.07 Å². The molecular weight excluding hydrogens is 392 g/mol. The number of oxazole rings is 1. The third kappa shape index (κ3) is 3.83. The maximum Gasteiger partial charge on any atom is 0.302 e. The number of amides is 2. The number of aromatic nitrogens is 2. The number of nitrogens with zero attached hydrogens (tertiary/aromatic N) is 2. The molecule has 9 nitrogen and oxygen atoms in total. The molecule has 1 aliphatic rings. The van der Waals surface area contributed by atoms with E-state index in [9.17, 15) is 18.0 Å². The predicted molar refractivity (Wildman–Crippen MR) is 98.5 cm³/mol. The molecule has 0 radical (unpaired) electrons. The summed E-state index contributed by atoms with van der Waals surface area (Å²) in [7, 11) is -3.33. The van der Waals surface area contributed by atoms with Gasteiger partial charge in [0.05, 0.1) is 15.1 Å². The third-order valence-corrected chi connectivity index (χ3v) is 5.97. The molecular formula is C16H14N4O5S2. The van der Waals surface area contributed by atoms with Crippen LogP contribution in [0.15, 0.2) is 33.8 Å². The monoisotopic (exact) mass is 406 g/mol. The molecule has 0 saturated heterocycles. The van der Waals surface area contributed by atoms with Crippen molar-refractivity contribution < 1.29 is 22.4 Å². The van der Waals surface area contributed by atoms with Crippen molar-refractivity contribution in [3.8, 4) is 0 Å². The zero-order valence-corrected chi connectivity index (χ0v) is 15.7. The van der Waals surface area contributed by atoms with E-state index in [-0.39, 0.29) is 28.4 Å². The Bertz CT molecular complexity index is 1160. The van der Waals surface area contributed by atoms with Crippen LogP contribution in [0.2, 0.25) is 0 Å². The number of hydrogen-bond donors (Lipinski definition) is 2. The van der Waals surface area contributed by atoms with Crippen molar-refractivity contribution in [1.82, 2.24) is 9.97 Å². The van der Waals surface area contributed by atoms with Crippen molar-refractivity contribution in [1.29, 1.82) is 0 Å². The smallest absolute Gasteiger partial charge is 0.302 e. The van der Waals surface area contributed by atoms with Crippen LogP contribution in [0.5, 0.6) is 0 Å². The summed E-state index contributed by atoms with van der Waals surface area (Å²) in [6, 6.07) is 4.54. The molecule has 27 heavy (non-hydrogen) atoms.